The Morgan fingerprint density at radius 2 is 1.81 bits per heavy atom. The van der Waals surface area contributed by atoms with Gasteiger partial charge in [0.2, 0.25) is 10.0 Å². The second kappa shape index (κ2) is 9.02. The molecule has 0 heterocycles. The minimum Gasteiger partial charge on any atom is -0.385 e. The van der Waals surface area contributed by atoms with Crippen LogP contribution in [0.3, 0.4) is 0 Å². The third-order valence-electron chi connectivity index (χ3n) is 3.07. The lowest BCUT2D eigenvalue weighted by atomic mass is 10.2. The van der Waals surface area contributed by atoms with E-state index >= 15 is 0 Å². The summed E-state index contributed by atoms with van der Waals surface area (Å²) in [5.41, 5.74) is 0.929. The highest BCUT2D eigenvalue weighted by Crippen LogP contribution is 2.15. The number of ether oxygens (including phenoxy) is 1. The van der Waals surface area contributed by atoms with Crippen molar-refractivity contribution in [1.82, 2.24) is 4.72 Å². The van der Waals surface area contributed by atoms with Crippen molar-refractivity contribution in [2.45, 2.75) is 44.0 Å². The summed E-state index contributed by atoms with van der Waals surface area (Å²) in [7, 11) is -1.92. The summed E-state index contributed by atoms with van der Waals surface area (Å²) in [6, 6.07) is 6.62. The maximum atomic E-state index is 12.3. The van der Waals surface area contributed by atoms with Crippen LogP contribution in [0.15, 0.2) is 29.2 Å². The van der Waals surface area contributed by atoms with Crippen molar-refractivity contribution in [2.75, 3.05) is 25.6 Å². The average Bonchev–Trinajstić information content (AvgIpc) is 2.46. The van der Waals surface area contributed by atoms with E-state index in [9.17, 15) is 8.42 Å². The fourth-order valence-electron chi connectivity index (χ4n) is 2.03. The van der Waals surface area contributed by atoms with E-state index in [1.807, 2.05) is 6.92 Å². The van der Waals surface area contributed by atoms with Crippen molar-refractivity contribution in [1.29, 1.82) is 0 Å². The summed E-state index contributed by atoms with van der Waals surface area (Å²) in [6.45, 7) is 5.35. The Balaban J connectivity index is 2.76. The fraction of sp³-hybridized carbons (Fsp3) is 0.600. The molecule has 1 rings (SSSR count). The van der Waals surface area contributed by atoms with Gasteiger partial charge >= 0.3 is 0 Å². The molecule has 1 atom stereocenters. The molecular formula is C15H26N2O3S. The first-order chi connectivity index (χ1) is 10.0. The van der Waals surface area contributed by atoms with E-state index in [4.69, 9.17) is 4.74 Å². The Labute approximate surface area is 128 Å². The van der Waals surface area contributed by atoms with Crippen LogP contribution in [0.5, 0.6) is 0 Å². The highest BCUT2D eigenvalue weighted by Gasteiger charge is 2.19. The summed E-state index contributed by atoms with van der Waals surface area (Å²) >= 11 is 0. The molecule has 0 bridgehead atoms. The van der Waals surface area contributed by atoms with Crippen LogP contribution < -0.4 is 10.0 Å². The smallest absolute Gasteiger partial charge is 0.240 e. The van der Waals surface area contributed by atoms with Crippen LogP contribution in [0, 0.1) is 0 Å². The van der Waals surface area contributed by atoms with Crippen LogP contribution in [-0.4, -0.2) is 34.7 Å². The van der Waals surface area contributed by atoms with Gasteiger partial charge < -0.3 is 10.1 Å². The first kappa shape index (κ1) is 17.9. The first-order valence-corrected chi connectivity index (χ1v) is 8.87. The Bertz CT molecular complexity index is 494. The third kappa shape index (κ3) is 6.03. The van der Waals surface area contributed by atoms with Crippen molar-refractivity contribution >= 4 is 15.7 Å². The maximum absolute atomic E-state index is 12.3. The normalized spacial score (nSPS) is 13.1. The summed E-state index contributed by atoms with van der Waals surface area (Å²) in [4.78, 5) is 0.279. The monoisotopic (exact) mass is 314 g/mol. The zero-order chi connectivity index (χ0) is 15.7. The number of benzene rings is 1. The molecule has 0 aliphatic heterocycles. The topological polar surface area (TPSA) is 67.4 Å². The third-order valence-corrected chi connectivity index (χ3v) is 4.61. The molecular weight excluding hydrogens is 288 g/mol. The molecule has 0 radical (unpaired) electrons. The molecule has 0 saturated carbocycles. The van der Waals surface area contributed by atoms with Crippen molar-refractivity contribution < 1.29 is 13.2 Å². The van der Waals surface area contributed by atoms with Crippen LogP contribution in [-0.2, 0) is 14.8 Å². The molecule has 6 heteroatoms. The number of methoxy groups -OCH3 is 1. The molecule has 1 aromatic carbocycles. The molecule has 120 valence electrons. The average molecular weight is 314 g/mol. The van der Waals surface area contributed by atoms with E-state index in [1.54, 1.807) is 31.4 Å². The zero-order valence-corrected chi connectivity index (χ0v) is 13.9. The number of nitrogens with one attached hydrogen (secondary N) is 2. The van der Waals surface area contributed by atoms with E-state index in [-0.39, 0.29) is 10.9 Å². The second-order valence-electron chi connectivity index (χ2n) is 5.01. The molecule has 1 aromatic rings. The molecule has 5 nitrogen and oxygen atoms in total. The summed E-state index contributed by atoms with van der Waals surface area (Å²) in [5, 5.41) is 3.22. The Morgan fingerprint density at radius 3 is 2.33 bits per heavy atom. The lowest BCUT2D eigenvalue weighted by molar-refractivity contribution is 0.171. The molecule has 0 spiro atoms. The number of anilines is 1. The number of sulfonamides is 1. The zero-order valence-electron chi connectivity index (χ0n) is 13.1. The summed E-state index contributed by atoms with van der Waals surface area (Å²) in [6.07, 6.45) is 2.68. The van der Waals surface area contributed by atoms with Crippen LogP contribution >= 0.6 is 0 Å². The van der Waals surface area contributed by atoms with Crippen molar-refractivity contribution in [2.24, 2.45) is 0 Å². The van der Waals surface area contributed by atoms with Gasteiger partial charge in [0, 0.05) is 25.4 Å². The van der Waals surface area contributed by atoms with Crippen LogP contribution in [0.1, 0.15) is 33.1 Å². The summed E-state index contributed by atoms with van der Waals surface area (Å²) < 4.78 is 32.4. The van der Waals surface area contributed by atoms with E-state index in [0.29, 0.717) is 6.61 Å². The first-order valence-electron chi connectivity index (χ1n) is 7.38. The minimum atomic E-state index is -3.50. The second-order valence-corrected chi connectivity index (χ2v) is 6.73. The predicted molar refractivity (Wildman–Crippen MR) is 86.1 cm³/mol. The fourth-order valence-corrected chi connectivity index (χ4v) is 3.29. The van der Waals surface area contributed by atoms with Crippen molar-refractivity contribution in [3.05, 3.63) is 24.3 Å². The molecule has 0 fully saturated rings. The van der Waals surface area contributed by atoms with Crippen LogP contribution in [0.2, 0.25) is 0 Å². The Kier molecular flexibility index (Phi) is 7.71. The molecule has 0 aromatic heterocycles. The van der Waals surface area contributed by atoms with Gasteiger partial charge in [-0.3, -0.25) is 0 Å². The molecule has 2 N–H and O–H groups in total. The van der Waals surface area contributed by atoms with Gasteiger partial charge in [-0.2, -0.15) is 0 Å². The van der Waals surface area contributed by atoms with E-state index < -0.39 is 10.0 Å². The lowest BCUT2D eigenvalue weighted by Crippen LogP contribution is -2.37. The largest absolute Gasteiger partial charge is 0.385 e. The SMILES string of the molecule is CCCNc1ccc(S(=O)(=O)NC(CCC)COC)cc1. The lowest BCUT2D eigenvalue weighted by Gasteiger charge is -2.17. The van der Waals surface area contributed by atoms with Gasteiger partial charge in [0.05, 0.1) is 11.5 Å². The Hall–Kier alpha value is -1.11. The van der Waals surface area contributed by atoms with E-state index in [2.05, 4.69) is 17.0 Å². The number of hydrogen-bond acceptors (Lipinski definition) is 4. The summed E-state index contributed by atoms with van der Waals surface area (Å²) in [5.74, 6) is 0. The quantitative estimate of drug-likeness (QED) is 0.696. The molecule has 21 heavy (non-hydrogen) atoms. The molecule has 0 saturated heterocycles. The van der Waals surface area contributed by atoms with Gasteiger partial charge in [0.25, 0.3) is 0 Å². The number of hydrogen-bond donors (Lipinski definition) is 2. The van der Waals surface area contributed by atoms with Crippen molar-refractivity contribution in [3.8, 4) is 0 Å². The minimum absolute atomic E-state index is 0.192. The van der Waals surface area contributed by atoms with Crippen LogP contribution in [0.4, 0.5) is 5.69 Å². The standard InChI is InChI=1S/C15H26N2O3S/c1-4-6-14(12-20-3)17-21(18,19)15-9-7-13(8-10-15)16-11-5-2/h7-10,14,16-17H,4-6,11-12H2,1-3H3. The van der Waals surface area contributed by atoms with Crippen molar-refractivity contribution in [3.63, 3.8) is 0 Å². The maximum Gasteiger partial charge on any atom is 0.240 e. The van der Waals surface area contributed by atoms with Crippen LogP contribution in [0.25, 0.3) is 0 Å². The van der Waals surface area contributed by atoms with E-state index in [0.717, 1.165) is 31.5 Å². The van der Waals surface area contributed by atoms with Gasteiger partial charge in [-0.25, -0.2) is 13.1 Å². The number of rotatable bonds is 10. The van der Waals surface area contributed by atoms with Gasteiger partial charge in [-0.1, -0.05) is 20.3 Å². The molecule has 0 amide bonds. The van der Waals surface area contributed by atoms with Gasteiger partial charge in [0.1, 0.15) is 0 Å². The molecule has 1 unspecified atom stereocenters. The van der Waals surface area contributed by atoms with Gasteiger partial charge in [-0.05, 0) is 37.1 Å². The molecule has 0 aliphatic carbocycles. The molecule has 0 aliphatic rings. The Morgan fingerprint density at radius 1 is 1.14 bits per heavy atom. The highest BCUT2D eigenvalue weighted by atomic mass is 32.2. The van der Waals surface area contributed by atoms with Gasteiger partial charge in [-0.15, -0.1) is 0 Å². The van der Waals surface area contributed by atoms with E-state index in [1.165, 1.54) is 0 Å². The van der Waals surface area contributed by atoms with Gasteiger partial charge in [0.15, 0.2) is 0 Å². The highest BCUT2D eigenvalue weighted by molar-refractivity contribution is 7.89. The predicted octanol–water partition coefficient (Wildman–Crippen LogP) is 2.60.